The van der Waals surface area contributed by atoms with E-state index in [-0.39, 0.29) is 41.5 Å². The first-order valence-corrected chi connectivity index (χ1v) is 9.57. The van der Waals surface area contributed by atoms with Gasteiger partial charge in [0.25, 0.3) is 5.56 Å². The van der Waals surface area contributed by atoms with Gasteiger partial charge in [0.2, 0.25) is 17.8 Å². The van der Waals surface area contributed by atoms with Crippen molar-refractivity contribution >= 4 is 29.5 Å². The fourth-order valence-electron chi connectivity index (χ4n) is 3.62. The number of carbonyl (C=O) groups excluding carboxylic acids is 3. The molecule has 1 atom stereocenters. The fraction of sp³-hybridized carbons (Fsp3) is 0.611. The van der Waals surface area contributed by atoms with Crippen molar-refractivity contribution < 1.29 is 19.1 Å². The third-order valence-corrected chi connectivity index (χ3v) is 5.02. The lowest BCUT2D eigenvalue weighted by molar-refractivity contribution is -0.148. The van der Waals surface area contributed by atoms with E-state index in [2.05, 4.69) is 20.6 Å². The maximum absolute atomic E-state index is 12.7. The van der Waals surface area contributed by atoms with Gasteiger partial charge in [0.15, 0.2) is 0 Å². The van der Waals surface area contributed by atoms with Gasteiger partial charge in [0.1, 0.15) is 5.82 Å². The topological polar surface area (TPSA) is 133 Å². The Morgan fingerprint density at radius 2 is 1.96 bits per heavy atom. The highest BCUT2D eigenvalue weighted by Crippen LogP contribution is 2.30. The van der Waals surface area contributed by atoms with Crippen LogP contribution >= 0.6 is 0 Å². The van der Waals surface area contributed by atoms with E-state index in [1.807, 2.05) is 4.90 Å². The maximum atomic E-state index is 12.7. The van der Waals surface area contributed by atoms with Crippen molar-refractivity contribution in [1.29, 1.82) is 0 Å². The van der Waals surface area contributed by atoms with Crippen LogP contribution in [0.25, 0.3) is 0 Å². The largest absolute Gasteiger partial charge is 0.466 e. The number of anilines is 2. The van der Waals surface area contributed by atoms with E-state index in [4.69, 9.17) is 4.74 Å². The first-order valence-electron chi connectivity index (χ1n) is 9.57. The standard InChI is InChI=1S/C18H25N5O5/c1-3-19-15(25)11-9-12(24)20-14-13(11)16(26)22-18(21-14)23-7-5-10(6-8-23)17(27)28-4-2/h10-11H,3-9H2,1-2H3,(H,19,25)(H2,20,21,22,24,26). The highest BCUT2D eigenvalue weighted by atomic mass is 16.5. The number of esters is 1. The number of piperidine rings is 1. The quantitative estimate of drug-likeness (QED) is 0.607. The molecule has 2 aliphatic heterocycles. The fourth-order valence-corrected chi connectivity index (χ4v) is 3.62. The summed E-state index contributed by atoms with van der Waals surface area (Å²) < 4.78 is 5.07. The summed E-state index contributed by atoms with van der Waals surface area (Å²) >= 11 is 0. The molecule has 3 N–H and O–H groups in total. The van der Waals surface area contributed by atoms with Crippen LogP contribution in [0.1, 0.15) is 44.6 Å². The van der Waals surface area contributed by atoms with Gasteiger partial charge in [-0.1, -0.05) is 0 Å². The Morgan fingerprint density at radius 1 is 1.25 bits per heavy atom. The number of aromatic amines is 1. The normalized spacial score (nSPS) is 19.6. The Morgan fingerprint density at radius 3 is 2.61 bits per heavy atom. The average Bonchev–Trinajstić information content (AvgIpc) is 2.67. The molecule has 3 rings (SSSR count). The number of likely N-dealkylation sites (N-methyl/N-ethyl adjacent to an activating group) is 1. The zero-order chi connectivity index (χ0) is 20.3. The Kier molecular flexibility index (Phi) is 5.96. The molecule has 1 unspecified atom stereocenters. The molecule has 2 aliphatic rings. The first-order chi connectivity index (χ1) is 13.4. The zero-order valence-corrected chi connectivity index (χ0v) is 16.0. The van der Waals surface area contributed by atoms with E-state index in [0.717, 1.165) is 0 Å². The number of hydrogen-bond donors (Lipinski definition) is 3. The predicted molar refractivity (Wildman–Crippen MR) is 101 cm³/mol. The number of carbonyl (C=O) groups is 3. The van der Waals surface area contributed by atoms with Crippen LogP contribution in [0.4, 0.5) is 11.8 Å². The van der Waals surface area contributed by atoms with Gasteiger partial charge in [-0.2, -0.15) is 4.98 Å². The number of fused-ring (bicyclic) bond motifs is 1. The maximum Gasteiger partial charge on any atom is 0.309 e. The van der Waals surface area contributed by atoms with Crippen molar-refractivity contribution in [3.63, 3.8) is 0 Å². The number of ether oxygens (including phenoxy) is 1. The number of amides is 2. The molecule has 28 heavy (non-hydrogen) atoms. The van der Waals surface area contributed by atoms with Gasteiger partial charge < -0.3 is 20.3 Å². The molecule has 2 amide bonds. The second-order valence-corrected chi connectivity index (χ2v) is 6.86. The summed E-state index contributed by atoms with van der Waals surface area (Å²) in [4.78, 5) is 57.8. The van der Waals surface area contributed by atoms with Crippen LogP contribution in [0.5, 0.6) is 0 Å². The van der Waals surface area contributed by atoms with Crippen molar-refractivity contribution in [3.8, 4) is 0 Å². The van der Waals surface area contributed by atoms with Gasteiger partial charge in [0.05, 0.1) is 24.0 Å². The highest BCUT2D eigenvalue weighted by Gasteiger charge is 2.35. The van der Waals surface area contributed by atoms with Crippen LogP contribution in [0, 0.1) is 5.92 Å². The van der Waals surface area contributed by atoms with E-state index in [0.29, 0.717) is 45.0 Å². The molecular formula is C18H25N5O5. The summed E-state index contributed by atoms with van der Waals surface area (Å²) in [5, 5.41) is 5.25. The lowest BCUT2D eigenvalue weighted by Crippen LogP contribution is -2.41. The van der Waals surface area contributed by atoms with Gasteiger partial charge in [-0.25, -0.2) is 0 Å². The summed E-state index contributed by atoms with van der Waals surface area (Å²) in [6.45, 7) is 5.36. The van der Waals surface area contributed by atoms with Crippen molar-refractivity contribution in [2.75, 3.05) is 36.5 Å². The van der Waals surface area contributed by atoms with Crippen molar-refractivity contribution in [2.45, 2.75) is 39.0 Å². The van der Waals surface area contributed by atoms with Crippen LogP contribution in [-0.4, -0.2) is 54.0 Å². The van der Waals surface area contributed by atoms with Gasteiger partial charge in [0, 0.05) is 26.1 Å². The van der Waals surface area contributed by atoms with Gasteiger partial charge in [-0.05, 0) is 26.7 Å². The molecule has 10 heteroatoms. The number of rotatable bonds is 5. The molecule has 0 bridgehead atoms. The molecule has 1 saturated heterocycles. The summed E-state index contributed by atoms with van der Waals surface area (Å²) in [7, 11) is 0. The summed E-state index contributed by atoms with van der Waals surface area (Å²) in [5.74, 6) is -1.50. The average molecular weight is 391 g/mol. The molecule has 10 nitrogen and oxygen atoms in total. The molecule has 0 spiro atoms. The number of hydrogen-bond acceptors (Lipinski definition) is 7. The molecule has 0 aliphatic carbocycles. The van der Waals surface area contributed by atoms with Gasteiger partial charge >= 0.3 is 5.97 Å². The lowest BCUT2D eigenvalue weighted by Gasteiger charge is -2.32. The molecule has 0 radical (unpaired) electrons. The summed E-state index contributed by atoms with van der Waals surface area (Å²) in [6.07, 6.45) is 1.09. The van der Waals surface area contributed by atoms with Crippen LogP contribution in [0.3, 0.4) is 0 Å². The van der Waals surface area contributed by atoms with Crippen LogP contribution in [0.15, 0.2) is 4.79 Å². The third kappa shape index (κ3) is 4.00. The smallest absolute Gasteiger partial charge is 0.309 e. The number of H-pyrrole nitrogens is 1. The molecule has 152 valence electrons. The summed E-state index contributed by atoms with van der Waals surface area (Å²) in [6, 6.07) is 0. The molecule has 1 fully saturated rings. The first kappa shape index (κ1) is 19.8. The minimum Gasteiger partial charge on any atom is -0.466 e. The SMILES string of the molecule is CCNC(=O)C1CC(=O)Nc2nc(N3CCC(C(=O)OCC)CC3)[nH]c(=O)c21. The second kappa shape index (κ2) is 8.41. The molecule has 1 aromatic rings. The van der Waals surface area contributed by atoms with E-state index >= 15 is 0 Å². The number of aromatic nitrogens is 2. The van der Waals surface area contributed by atoms with Crippen molar-refractivity contribution in [2.24, 2.45) is 5.92 Å². The number of nitrogens with zero attached hydrogens (tertiary/aromatic N) is 2. The molecular weight excluding hydrogens is 366 g/mol. The zero-order valence-electron chi connectivity index (χ0n) is 16.0. The van der Waals surface area contributed by atoms with Crippen molar-refractivity contribution in [3.05, 3.63) is 15.9 Å². The van der Waals surface area contributed by atoms with E-state index < -0.39 is 11.5 Å². The predicted octanol–water partition coefficient (Wildman–Crippen LogP) is 0.111. The molecule has 0 saturated carbocycles. The molecule has 0 aromatic carbocycles. The van der Waals surface area contributed by atoms with Crippen LogP contribution in [-0.2, 0) is 19.1 Å². The van der Waals surface area contributed by atoms with E-state index in [9.17, 15) is 19.2 Å². The Balaban J connectivity index is 1.81. The second-order valence-electron chi connectivity index (χ2n) is 6.86. The third-order valence-electron chi connectivity index (χ3n) is 5.02. The van der Waals surface area contributed by atoms with Crippen molar-refractivity contribution in [1.82, 2.24) is 15.3 Å². The van der Waals surface area contributed by atoms with Crippen LogP contribution in [0.2, 0.25) is 0 Å². The van der Waals surface area contributed by atoms with Gasteiger partial charge in [-0.15, -0.1) is 0 Å². The molecule has 1 aromatic heterocycles. The van der Waals surface area contributed by atoms with Crippen LogP contribution < -0.4 is 21.1 Å². The highest BCUT2D eigenvalue weighted by molar-refractivity contribution is 6.00. The molecule has 3 heterocycles. The summed E-state index contributed by atoms with van der Waals surface area (Å²) in [5.41, 5.74) is -0.264. The Hall–Kier alpha value is -2.91. The number of nitrogens with one attached hydrogen (secondary N) is 3. The van der Waals surface area contributed by atoms with Gasteiger partial charge in [-0.3, -0.25) is 24.2 Å². The Bertz CT molecular complexity index is 828. The van der Waals surface area contributed by atoms with E-state index in [1.165, 1.54) is 0 Å². The Labute approximate surface area is 162 Å². The van der Waals surface area contributed by atoms with E-state index in [1.54, 1.807) is 13.8 Å². The monoisotopic (exact) mass is 391 g/mol. The minimum atomic E-state index is -0.858. The minimum absolute atomic E-state index is 0.0894. The lowest BCUT2D eigenvalue weighted by atomic mass is 9.92.